The molecular formula is C11H9NO3. The third-order valence-corrected chi connectivity index (χ3v) is 1.54. The van der Waals surface area contributed by atoms with Gasteiger partial charge in [-0.3, -0.25) is 0 Å². The number of hydrogen-bond acceptors (Lipinski definition) is 4. The summed E-state index contributed by atoms with van der Waals surface area (Å²) < 4.78 is 4.94. The van der Waals surface area contributed by atoms with Gasteiger partial charge in [-0.05, 0) is 19.1 Å². The standard InChI is InChI=1S/C11H9NO3/c1-2-5-11(14)15-10-7-4-3-6-9(10)12-8-13/h2-7H,1H3. The van der Waals surface area contributed by atoms with Crippen molar-refractivity contribution in [3.05, 3.63) is 36.4 Å². The van der Waals surface area contributed by atoms with E-state index in [0.29, 0.717) is 0 Å². The van der Waals surface area contributed by atoms with E-state index in [4.69, 9.17) is 4.74 Å². The molecular weight excluding hydrogens is 194 g/mol. The smallest absolute Gasteiger partial charge is 0.335 e. The first-order valence-corrected chi connectivity index (χ1v) is 4.29. The molecule has 0 unspecified atom stereocenters. The lowest BCUT2D eigenvalue weighted by Crippen LogP contribution is -2.03. The largest absolute Gasteiger partial charge is 0.421 e. The van der Waals surface area contributed by atoms with Gasteiger partial charge in [-0.15, -0.1) is 0 Å². The van der Waals surface area contributed by atoms with Gasteiger partial charge in [0, 0.05) is 6.08 Å². The Hall–Kier alpha value is -2.19. The molecule has 0 aliphatic heterocycles. The zero-order valence-corrected chi connectivity index (χ0v) is 8.14. The Labute approximate surface area is 86.9 Å². The van der Waals surface area contributed by atoms with Crippen molar-refractivity contribution in [3.63, 3.8) is 0 Å². The van der Waals surface area contributed by atoms with Crippen molar-refractivity contribution in [1.29, 1.82) is 0 Å². The molecule has 0 radical (unpaired) electrons. The number of allylic oxidation sites excluding steroid dienone is 1. The number of benzene rings is 1. The molecule has 15 heavy (non-hydrogen) atoms. The van der Waals surface area contributed by atoms with Crippen LogP contribution in [-0.2, 0) is 9.59 Å². The van der Waals surface area contributed by atoms with Crippen molar-refractivity contribution in [2.45, 2.75) is 6.92 Å². The highest BCUT2D eigenvalue weighted by Crippen LogP contribution is 2.26. The van der Waals surface area contributed by atoms with Gasteiger partial charge in [0.1, 0.15) is 5.69 Å². The zero-order chi connectivity index (χ0) is 11.1. The number of para-hydroxylation sites is 2. The average molecular weight is 203 g/mol. The summed E-state index contributed by atoms with van der Waals surface area (Å²) >= 11 is 0. The minimum atomic E-state index is -0.508. The number of esters is 1. The summed E-state index contributed by atoms with van der Waals surface area (Å²) in [6.45, 7) is 1.71. The summed E-state index contributed by atoms with van der Waals surface area (Å²) in [7, 11) is 0. The fourth-order valence-corrected chi connectivity index (χ4v) is 0.963. The molecule has 0 aliphatic rings. The molecule has 0 N–H and O–H groups in total. The number of hydrogen-bond donors (Lipinski definition) is 0. The Morgan fingerprint density at radius 2 is 2.20 bits per heavy atom. The van der Waals surface area contributed by atoms with Gasteiger partial charge in [0.15, 0.2) is 5.75 Å². The highest BCUT2D eigenvalue weighted by atomic mass is 16.5. The fourth-order valence-electron chi connectivity index (χ4n) is 0.963. The molecule has 0 bridgehead atoms. The maximum atomic E-state index is 11.1. The highest BCUT2D eigenvalue weighted by Gasteiger charge is 2.04. The maximum Gasteiger partial charge on any atom is 0.335 e. The predicted molar refractivity (Wildman–Crippen MR) is 54.7 cm³/mol. The summed E-state index contributed by atoms with van der Waals surface area (Å²) in [5.74, 6) is -0.269. The van der Waals surface area contributed by atoms with Gasteiger partial charge in [0.2, 0.25) is 6.08 Å². The van der Waals surface area contributed by atoms with Gasteiger partial charge in [-0.2, -0.15) is 4.99 Å². The maximum absolute atomic E-state index is 11.1. The first-order valence-electron chi connectivity index (χ1n) is 4.29. The quantitative estimate of drug-likeness (QED) is 0.248. The third kappa shape index (κ3) is 3.21. The molecule has 1 aromatic rings. The first kappa shape index (κ1) is 10.9. The average Bonchev–Trinajstić information content (AvgIpc) is 2.21. The van der Waals surface area contributed by atoms with Crippen LogP contribution < -0.4 is 4.74 Å². The Morgan fingerprint density at radius 3 is 2.87 bits per heavy atom. The molecule has 0 atom stereocenters. The minimum absolute atomic E-state index is 0.240. The Balaban J connectivity index is 2.93. The number of carbonyl (C=O) groups excluding carboxylic acids is 2. The van der Waals surface area contributed by atoms with Crippen molar-refractivity contribution in [1.82, 2.24) is 0 Å². The second-order valence-corrected chi connectivity index (χ2v) is 2.59. The Kier molecular flexibility index (Phi) is 4.01. The van der Waals surface area contributed by atoms with E-state index in [1.165, 1.54) is 12.2 Å². The summed E-state index contributed by atoms with van der Waals surface area (Å²) in [4.78, 5) is 24.6. The van der Waals surface area contributed by atoms with E-state index in [9.17, 15) is 9.59 Å². The van der Waals surface area contributed by atoms with Gasteiger partial charge >= 0.3 is 5.97 Å². The molecule has 4 nitrogen and oxygen atoms in total. The summed E-state index contributed by atoms with van der Waals surface area (Å²) in [6, 6.07) is 6.48. The number of ether oxygens (including phenoxy) is 1. The van der Waals surface area contributed by atoms with E-state index in [0.717, 1.165) is 0 Å². The van der Waals surface area contributed by atoms with E-state index < -0.39 is 5.97 Å². The monoisotopic (exact) mass is 203 g/mol. The molecule has 0 aromatic heterocycles. The van der Waals surface area contributed by atoms with Crippen LogP contribution in [0.1, 0.15) is 6.92 Å². The summed E-state index contributed by atoms with van der Waals surface area (Å²) in [5, 5.41) is 0. The van der Waals surface area contributed by atoms with Crippen molar-refractivity contribution >= 4 is 17.7 Å². The molecule has 76 valence electrons. The molecule has 0 saturated heterocycles. The van der Waals surface area contributed by atoms with Crippen LogP contribution in [0.3, 0.4) is 0 Å². The number of carbonyl (C=O) groups is 1. The van der Waals surface area contributed by atoms with Gasteiger partial charge in [-0.25, -0.2) is 9.59 Å². The van der Waals surface area contributed by atoms with Crippen LogP contribution in [0.5, 0.6) is 5.75 Å². The van der Waals surface area contributed by atoms with Crippen LogP contribution in [0, 0.1) is 0 Å². The van der Waals surface area contributed by atoms with Crippen molar-refractivity contribution in [2.75, 3.05) is 0 Å². The van der Waals surface area contributed by atoms with Crippen molar-refractivity contribution in [3.8, 4) is 5.75 Å². The number of rotatable bonds is 3. The van der Waals surface area contributed by atoms with Gasteiger partial charge < -0.3 is 4.74 Å². The topological polar surface area (TPSA) is 55.7 Å². The van der Waals surface area contributed by atoms with E-state index in [2.05, 4.69) is 4.99 Å². The fraction of sp³-hybridized carbons (Fsp3) is 0.0909. The Morgan fingerprint density at radius 1 is 1.47 bits per heavy atom. The molecule has 0 saturated carbocycles. The van der Waals surface area contributed by atoms with Crippen LogP contribution in [0.25, 0.3) is 0 Å². The Bertz CT molecular complexity index is 431. The lowest BCUT2D eigenvalue weighted by Gasteiger charge is -2.02. The van der Waals surface area contributed by atoms with Crippen LogP contribution in [0.15, 0.2) is 41.4 Å². The number of nitrogens with zero attached hydrogens (tertiary/aromatic N) is 1. The first-order chi connectivity index (χ1) is 7.27. The van der Waals surface area contributed by atoms with Crippen LogP contribution in [0.2, 0.25) is 0 Å². The van der Waals surface area contributed by atoms with Crippen molar-refractivity contribution in [2.24, 2.45) is 4.99 Å². The normalized spacial score (nSPS) is 9.67. The second kappa shape index (κ2) is 5.52. The van der Waals surface area contributed by atoms with Crippen LogP contribution >= 0.6 is 0 Å². The zero-order valence-electron chi connectivity index (χ0n) is 8.14. The molecule has 0 aliphatic carbocycles. The van der Waals surface area contributed by atoms with Gasteiger partial charge in [-0.1, -0.05) is 18.2 Å². The van der Waals surface area contributed by atoms with E-state index in [1.54, 1.807) is 37.3 Å². The minimum Gasteiger partial charge on any atom is -0.421 e. The third-order valence-electron chi connectivity index (χ3n) is 1.54. The lowest BCUT2D eigenvalue weighted by atomic mass is 10.3. The summed E-state index contributed by atoms with van der Waals surface area (Å²) in [5.41, 5.74) is 0.283. The molecule has 4 heteroatoms. The second-order valence-electron chi connectivity index (χ2n) is 2.59. The molecule has 1 aromatic carbocycles. The van der Waals surface area contributed by atoms with Gasteiger partial charge in [0.05, 0.1) is 0 Å². The van der Waals surface area contributed by atoms with Gasteiger partial charge in [0.25, 0.3) is 0 Å². The summed E-state index contributed by atoms with van der Waals surface area (Å²) in [6.07, 6.45) is 4.24. The SMILES string of the molecule is CC=CC(=O)Oc1ccccc1N=C=O. The highest BCUT2D eigenvalue weighted by molar-refractivity contribution is 5.85. The lowest BCUT2D eigenvalue weighted by molar-refractivity contribution is -0.128. The number of isocyanates is 1. The number of aliphatic imine (C=N–C) groups is 1. The van der Waals surface area contributed by atoms with Crippen molar-refractivity contribution < 1.29 is 14.3 Å². The van der Waals surface area contributed by atoms with E-state index in [-0.39, 0.29) is 11.4 Å². The molecule has 1 rings (SSSR count). The van der Waals surface area contributed by atoms with Crippen LogP contribution in [-0.4, -0.2) is 12.0 Å². The molecule has 0 heterocycles. The molecule has 0 amide bonds. The van der Waals surface area contributed by atoms with E-state index in [1.807, 2.05) is 0 Å². The molecule has 0 spiro atoms. The molecule has 0 fully saturated rings. The predicted octanol–water partition coefficient (Wildman–Crippen LogP) is 2.14. The van der Waals surface area contributed by atoms with E-state index >= 15 is 0 Å². The van der Waals surface area contributed by atoms with Crippen LogP contribution in [0.4, 0.5) is 5.69 Å².